The van der Waals surface area contributed by atoms with Gasteiger partial charge in [0.2, 0.25) is 0 Å². The summed E-state index contributed by atoms with van der Waals surface area (Å²) in [5.74, 6) is 0.762. The van der Waals surface area contributed by atoms with Gasteiger partial charge in [0.15, 0.2) is 9.84 Å². The second kappa shape index (κ2) is 5.81. The van der Waals surface area contributed by atoms with E-state index in [1.807, 2.05) is 0 Å². The molecule has 3 aliphatic rings. The van der Waals surface area contributed by atoms with E-state index in [0.29, 0.717) is 24.5 Å². The smallest absolute Gasteiger partial charge is 0.254 e. The van der Waals surface area contributed by atoms with Gasteiger partial charge in [0, 0.05) is 43.6 Å². The molecule has 1 amide bonds. The minimum Gasteiger partial charge on any atom is -0.381 e. The Morgan fingerprint density at radius 3 is 2.58 bits per heavy atom. The molecule has 1 spiro atoms. The standard InChI is InChI=1S/C17H22N2O4S/c20-16(14-3-6-18-7-4-14)19-11-17(12-19)15(5-8-24(17,21)22)10-23-9-13-1-2-13/h3-4,6-7,13,15H,1-2,5,8-12H2. The van der Waals surface area contributed by atoms with Crippen LogP contribution < -0.4 is 0 Å². The Balaban J connectivity index is 1.43. The fourth-order valence-electron chi connectivity index (χ4n) is 3.79. The van der Waals surface area contributed by atoms with Crippen molar-refractivity contribution in [2.24, 2.45) is 11.8 Å². The summed E-state index contributed by atoms with van der Waals surface area (Å²) in [5.41, 5.74) is 0.553. The highest BCUT2D eigenvalue weighted by molar-refractivity contribution is 7.93. The lowest BCUT2D eigenvalue weighted by Gasteiger charge is -2.49. The first-order valence-electron chi connectivity index (χ1n) is 8.51. The van der Waals surface area contributed by atoms with Crippen LogP contribution in [0.5, 0.6) is 0 Å². The molecule has 3 heterocycles. The zero-order chi connectivity index (χ0) is 16.8. The van der Waals surface area contributed by atoms with Gasteiger partial charge in [0.1, 0.15) is 4.75 Å². The monoisotopic (exact) mass is 350 g/mol. The predicted molar refractivity (Wildman–Crippen MR) is 88.3 cm³/mol. The van der Waals surface area contributed by atoms with Gasteiger partial charge >= 0.3 is 0 Å². The fourth-order valence-corrected chi connectivity index (χ4v) is 6.19. The largest absolute Gasteiger partial charge is 0.381 e. The maximum absolute atomic E-state index is 12.6. The van der Waals surface area contributed by atoms with Crippen molar-refractivity contribution < 1.29 is 17.9 Å². The van der Waals surface area contributed by atoms with E-state index >= 15 is 0 Å². The Kier molecular flexibility index (Phi) is 3.88. The number of sulfone groups is 1. The van der Waals surface area contributed by atoms with Crippen LogP contribution in [0.3, 0.4) is 0 Å². The highest BCUT2D eigenvalue weighted by atomic mass is 32.2. The molecular formula is C17H22N2O4S. The quantitative estimate of drug-likeness (QED) is 0.796. The van der Waals surface area contributed by atoms with Gasteiger partial charge in [-0.3, -0.25) is 9.78 Å². The van der Waals surface area contributed by atoms with Gasteiger partial charge in [-0.25, -0.2) is 8.42 Å². The maximum atomic E-state index is 12.6. The van der Waals surface area contributed by atoms with Crippen molar-refractivity contribution in [3.63, 3.8) is 0 Å². The van der Waals surface area contributed by atoms with Crippen molar-refractivity contribution in [2.45, 2.75) is 24.0 Å². The third kappa shape index (κ3) is 2.63. The van der Waals surface area contributed by atoms with Crippen LogP contribution in [0.1, 0.15) is 29.6 Å². The number of nitrogens with zero attached hydrogens (tertiary/aromatic N) is 2. The summed E-state index contributed by atoms with van der Waals surface area (Å²) in [6, 6.07) is 3.32. The van der Waals surface area contributed by atoms with Crippen molar-refractivity contribution in [3.8, 4) is 0 Å². The molecule has 6 nitrogen and oxygen atoms in total. The maximum Gasteiger partial charge on any atom is 0.254 e. The van der Waals surface area contributed by atoms with Crippen LogP contribution in [0.25, 0.3) is 0 Å². The highest BCUT2D eigenvalue weighted by Crippen LogP contribution is 2.45. The number of hydrogen-bond acceptors (Lipinski definition) is 5. The van der Waals surface area contributed by atoms with E-state index in [4.69, 9.17) is 4.74 Å². The number of amides is 1. The van der Waals surface area contributed by atoms with Gasteiger partial charge in [-0.05, 0) is 37.3 Å². The summed E-state index contributed by atoms with van der Waals surface area (Å²) in [4.78, 5) is 18.0. The van der Waals surface area contributed by atoms with E-state index in [9.17, 15) is 13.2 Å². The van der Waals surface area contributed by atoms with E-state index in [1.54, 1.807) is 29.4 Å². The molecule has 0 N–H and O–H groups in total. The number of carbonyl (C=O) groups excluding carboxylic acids is 1. The van der Waals surface area contributed by atoms with E-state index < -0.39 is 14.6 Å². The molecule has 0 aromatic carbocycles. The molecule has 1 unspecified atom stereocenters. The molecule has 2 aliphatic heterocycles. The molecule has 1 aliphatic carbocycles. The lowest BCUT2D eigenvalue weighted by atomic mass is 9.83. The van der Waals surface area contributed by atoms with Crippen LogP contribution in [0, 0.1) is 11.8 Å². The molecule has 2 saturated heterocycles. The van der Waals surface area contributed by atoms with E-state index in [0.717, 1.165) is 6.61 Å². The number of rotatable bonds is 5. The number of aromatic nitrogens is 1. The first-order valence-corrected chi connectivity index (χ1v) is 10.2. The number of ether oxygens (including phenoxy) is 1. The van der Waals surface area contributed by atoms with Crippen molar-refractivity contribution in [1.29, 1.82) is 0 Å². The van der Waals surface area contributed by atoms with Crippen molar-refractivity contribution in [3.05, 3.63) is 30.1 Å². The molecule has 0 bridgehead atoms. The van der Waals surface area contributed by atoms with Gasteiger partial charge in [-0.15, -0.1) is 0 Å². The minimum absolute atomic E-state index is 0.00254. The SMILES string of the molecule is O=C(c1ccncc1)N1CC2(C1)C(COCC1CC1)CCS2(=O)=O. The fraction of sp³-hybridized carbons (Fsp3) is 0.647. The first kappa shape index (κ1) is 16.0. The third-order valence-electron chi connectivity index (χ3n) is 5.60. The molecule has 1 aromatic rings. The number of likely N-dealkylation sites (tertiary alicyclic amines) is 1. The molecule has 1 saturated carbocycles. The Hall–Kier alpha value is -1.47. The van der Waals surface area contributed by atoms with Crippen LogP contribution in [0.2, 0.25) is 0 Å². The number of carbonyl (C=O) groups is 1. The molecule has 130 valence electrons. The van der Waals surface area contributed by atoms with Crippen LogP contribution in [0.4, 0.5) is 0 Å². The average Bonchev–Trinajstić information content (AvgIpc) is 3.31. The van der Waals surface area contributed by atoms with Crippen molar-refractivity contribution in [2.75, 3.05) is 32.1 Å². The van der Waals surface area contributed by atoms with E-state index in [-0.39, 0.29) is 30.7 Å². The lowest BCUT2D eigenvalue weighted by Crippen LogP contribution is -2.68. The Morgan fingerprint density at radius 2 is 1.92 bits per heavy atom. The summed E-state index contributed by atoms with van der Waals surface area (Å²) in [6.45, 7) is 1.81. The Labute approximate surface area is 142 Å². The predicted octanol–water partition coefficient (Wildman–Crippen LogP) is 1.14. The first-order chi connectivity index (χ1) is 11.5. The van der Waals surface area contributed by atoms with Gasteiger partial charge in [-0.1, -0.05) is 0 Å². The van der Waals surface area contributed by atoms with Gasteiger partial charge in [-0.2, -0.15) is 0 Å². The summed E-state index contributed by atoms with van der Waals surface area (Å²) in [5, 5.41) is 0. The van der Waals surface area contributed by atoms with Gasteiger partial charge in [0.25, 0.3) is 5.91 Å². The second-order valence-electron chi connectivity index (χ2n) is 7.25. The van der Waals surface area contributed by atoms with Crippen LogP contribution in [-0.2, 0) is 14.6 Å². The van der Waals surface area contributed by atoms with E-state index in [2.05, 4.69) is 4.98 Å². The normalized spacial score (nSPS) is 27.2. The molecule has 0 radical (unpaired) electrons. The summed E-state index contributed by atoms with van der Waals surface area (Å²) in [6.07, 6.45) is 6.24. The Morgan fingerprint density at radius 1 is 1.21 bits per heavy atom. The number of pyridine rings is 1. The minimum atomic E-state index is -3.17. The molecule has 4 rings (SSSR count). The van der Waals surface area contributed by atoms with Crippen LogP contribution in [-0.4, -0.2) is 61.0 Å². The molecule has 1 aromatic heterocycles. The summed E-state index contributed by atoms with van der Waals surface area (Å²) >= 11 is 0. The summed E-state index contributed by atoms with van der Waals surface area (Å²) < 4.78 is 30.2. The topological polar surface area (TPSA) is 76.6 Å². The molecule has 24 heavy (non-hydrogen) atoms. The lowest BCUT2D eigenvalue weighted by molar-refractivity contribution is 0.0228. The average molecular weight is 350 g/mol. The molecule has 7 heteroatoms. The van der Waals surface area contributed by atoms with E-state index in [1.165, 1.54) is 12.8 Å². The third-order valence-corrected chi connectivity index (χ3v) is 8.20. The number of hydrogen-bond donors (Lipinski definition) is 0. The van der Waals surface area contributed by atoms with Crippen LogP contribution >= 0.6 is 0 Å². The highest BCUT2D eigenvalue weighted by Gasteiger charge is 2.62. The second-order valence-corrected chi connectivity index (χ2v) is 9.70. The van der Waals surface area contributed by atoms with Gasteiger partial charge < -0.3 is 9.64 Å². The van der Waals surface area contributed by atoms with Crippen LogP contribution in [0.15, 0.2) is 24.5 Å². The van der Waals surface area contributed by atoms with Crippen molar-refractivity contribution >= 4 is 15.7 Å². The summed E-state index contributed by atoms with van der Waals surface area (Å²) in [7, 11) is -3.17. The Bertz CT molecular complexity index is 724. The molecule has 3 fully saturated rings. The zero-order valence-electron chi connectivity index (χ0n) is 13.6. The van der Waals surface area contributed by atoms with Crippen molar-refractivity contribution in [1.82, 2.24) is 9.88 Å². The molecular weight excluding hydrogens is 328 g/mol. The zero-order valence-corrected chi connectivity index (χ0v) is 14.4. The molecule has 1 atom stereocenters. The van der Waals surface area contributed by atoms with Gasteiger partial charge in [0.05, 0.1) is 12.4 Å².